The Labute approximate surface area is 140 Å². The van der Waals surface area contributed by atoms with E-state index < -0.39 is 0 Å². The molecule has 0 fully saturated rings. The van der Waals surface area contributed by atoms with E-state index in [9.17, 15) is 0 Å². The maximum atomic E-state index is 9.01. The third-order valence-corrected chi connectivity index (χ3v) is 4.19. The average Bonchev–Trinajstić information content (AvgIpc) is 3.02. The van der Waals surface area contributed by atoms with Crippen molar-refractivity contribution in [1.82, 2.24) is 9.61 Å². The summed E-state index contributed by atoms with van der Waals surface area (Å²) in [7, 11) is 0. The van der Waals surface area contributed by atoms with Gasteiger partial charge in [-0.2, -0.15) is 10.4 Å². The molecule has 2 aromatic carbocycles. The topological polar surface area (TPSA) is 41.1 Å². The summed E-state index contributed by atoms with van der Waals surface area (Å²) < 4.78 is 1.97. The van der Waals surface area contributed by atoms with Crippen molar-refractivity contribution in [3.8, 4) is 28.5 Å². The minimum atomic E-state index is 0.664. The number of hydrogen-bond donors (Lipinski definition) is 0. The molecule has 24 heavy (non-hydrogen) atoms. The second-order valence-electron chi connectivity index (χ2n) is 5.82. The van der Waals surface area contributed by atoms with Crippen molar-refractivity contribution < 1.29 is 0 Å². The minimum absolute atomic E-state index is 0.664. The van der Waals surface area contributed by atoms with E-state index in [0.717, 1.165) is 27.9 Å². The highest BCUT2D eigenvalue weighted by atomic mass is 15.2. The number of nitriles is 1. The maximum absolute atomic E-state index is 9.01. The van der Waals surface area contributed by atoms with E-state index in [1.54, 1.807) is 6.20 Å². The van der Waals surface area contributed by atoms with Gasteiger partial charge in [-0.1, -0.05) is 42.0 Å². The first kappa shape index (κ1) is 14.2. The molecular weight excluding hydrogens is 294 g/mol. The number of fused-ring (bicyclic) bond motifs is 1. The van der Waals surface area contributed by atoms with Gasteiger partial charge in [0.25, 0.3) is 0 Å². The fraction of sp³-hybridized carbons (Fsp3) is 0.0476. The number of benzene rings is 2. The van der Waals surface area contributed by atoms with Crippen molar-refractivity contribution >= 4 is 5.52 Å². The zero-order valence-electron chi connectivity index (χ0n) is 13.3. The molecule has 2 aromatic heterocycles. The predicted molar refractivity (Wildman–Crippen MR) is 95.5 cm³/mol. The van der Waals surface area contributed by atoms with E-state index in [2.05, 4.69) is 54.5 Å². The van der Waals surface area contributed by atoms with E-state index in [0.29, 0.717) is 5.56 Å². The van der Waals surface area contributed by atoms with Gasteiger partial charge < -0.3 is 0 Å². The Balaban J connectivity index is 1.99. The van der Waals surface area contributed by atoms with E-state index >= 15 is 0 Å². The molecule has 4 rings (SSSR count). The van der Waals surface area contributed by atoms with Crippen LogP contribution < -0.4 is 0 Å². The molecular formula is C21H15N3. The van der Waals surface area contributed by atoms with Crippen LogP contribution in [0.1, 0.15) is 11.1 Å². The lowest BCUT2D eigenvalue weighted by atomic mass is 10.00. The molecule has 0 saturated heterocycles. The molecule has 0 spiro atoms. The number of aromatic nitrogens is 2. The van der Waals surface area contributed by atoms with E-state index in [-0.39, 0.29) is 0 Å². The van der Waals surface area contributed by atoms with Gasteiger partial charge in [-0.25, -0.2) is 4.52 Å². The summed E-state index contributed by atoms with van der Waals surface area (Å²) in [6.45, 7) is 2.08. The third kappa shape index (κ3) is 2.35. The highest BCUT2D eigenvalue weighted by Crippen LogP contribution is 2.34. The Morgan fingerprint density at radius 2 is 1.62 bits per heavy atom. The molecule has 0 aliphatic rings. The van der Waals surface area contributed by atoms with Crippen LogP contribution >= 0.6 is 0 Å². The standard InChI is InChI=1S/C21H15N3/c1-15-4-8-18(9-5-15)21-20(13-19-3-2-12-23-24(19)21)17-10-6-16(14-22)7-11-17/h2-13H,1H3. The molecule has 0 saturated carbocycles. The van der Waals surface area contributed by atoms with Gasteiger partial charge in [0.2, 0.25) is 0 Å². The highest BCUT2D eigenvalue weighted by Gasteiger charge is 2.14. The number of hydrogen-bond acceptors (Lipinski definition) is 2. The van der Waals surface area contributed by atoms with Gasteiger partial charge in [-0.05, 0) is 42.8 Å². The molecule has 0 unspecified atom stereocenters. The van der Waals surface area contributed by atoms with Crippen LogP contribution in [0.5, 0.6) is 0 Å². The van der Waals surface area contributed by atoms with Crippen LogP contribution in [0.15, 0.2) is 72.9 Å². The van der Waals surface area contributed by atoms with Gasteiger partial charge in [0.15, 0.2) is 0 Å². The van der Waals surface area contributed by atoms with Crippen LogP contribution in [-0.2, 0) is 0 Å². The van der Waals surface area contributed by atoms with Gasteiger partial charge in [0.1, 0.15) is 0 Å². The predicted octanol–water partition coefficient (Wildman–Crippen LogP) is 4.85. The molecule has 2 heterocycles. The normalized spacial score (nSPS) is 10.7. The second-order valence-corrected chi connectivity index (χ2v) is 5.82. The molecule has 0 N–H and O–H groups in total. The molecule has 3 nitrogen and oxygen atoms in total. The first-order valence-corrected chi connectivity index (χ1v) is 7.80. The molecule has 0 amide bonds. The summed E-state index contributed by atoms with van der Waals surface area (Å²) in [6.07, 6.45) is 1.80. The van der Waals surface area contributed by atoms with Crippen LogP contribution in [0, 0.1) is 18.3 Å². The smallest absolute Gasteiger partial charge is 0.0991 e. The summed E-state index contributed by atoms with van der Waals surface area (Å²) in [4.78, 5) is 0. The molecule has 0 aliphatic carbocycles. The number of aryl methyl sites for hydroxylation is 1. The second kappa shape index (κ2) is 5.68. The average molecular weight is 309 g/mol. The van der Waals surface area contributed by atoms with Crippen molar-refractivity contribution in [1.29, 1.82) is 5.26 Å². The van der Waals surface area contributed by atoms with Crippen LogP contribution in [0.2, 0.25) is 0 Å². The van der Waals surface area contributed by atoms with Crippen molar-refractivity contribution in [2.75, 3.05) is 0 Å². The van der Waals surface area contributed by atoms with Crippen LogP contribution in [0.4, 0.5) is 0 Å². The van der Waals surface area contributed by atoms with Crippen molar-refractivity contribution in [2.45, 2.75) is 6.92 Å². The van der Waals surface area contributed by atoms with Crippen molar-refractivity contribution in [3.63, 3.8) is 0 Å². The molecule has 0 radical (unpaired) electrons. The molecule has 0 aliphatic heterocycles. The lowest BCUT2D eigenvalue weighted by Gasteiger charge is -2.07. The van der Waals surface area contributed by atoms with Gasteiger partial charge in [-0.15, -0.1) is 0 Å². The minimum Gasteiger partial charge on any atom is -0.233 e. The summed E-state index contributed by atoms with van der Waals surface area (Å²) in [5, 5.41) is 13.5. The fourth-order valence-electron chi connectivity index (χ4n) is 2.94. The highest BCUT2D eigenvalue weighted by molar-refractivity contribution is 5.86. The third-order valence-electron chi connectivity index (χ3n) is 4.19. The molecule has 4 aromatic rings. The molecule has 114 valence electrons. The van der Waals surface area contributed by atoms with Crippen LogP contribution in [-0.4, -0.2) is 9.61 Å². The van der Waals surface area contributed by atoms with E-state index in [1.165, 1.54) is 5.56 Å². The summed E-state index contributed by atoms with van der Waals surface area (Å²) in [5.74, 6) is 0. The fourth-order valence-corrected chi connectivity index (χ4v) is 2.94. The Kier molecular flexibility index (Phi) is 3.36. The van der Waals surface area contributed by atoms with Gasteiger partial charge in [0.05, 0.1) is 22.8 Å². The monoisotopic (exact) mass is 309 g/mol. The lowest BCUT2D eigenvalue weighted by molar-refractivity contribution is 0.949. The van der Waals surface area contributed by atoms with Gasteiger partial charge in [-0.3, -0.25) is 0 Å². The zero-order chi connectivity index (χ0) is 16.5. The summed E-state index contributed by atoms with van der Waals surface area (Å²) in [5.41, 5.74) is 7.32. The number of rotatable bonds is 2. The summed E-state index contributed by atoms with van der Waals surface area (Å²) in [6, 6.07) is 24.5. The molecule has 0 atom stereocenters. The Morgan fingerprint density at radius 1 is 0.917 bits per heavy atom. The van der Waals surface area contributed by atoms with Crippen molar-refractivity contribution in [2.24, 2.45) is 0 Å². The first-order chi connectivity index (χ1) is 11.8. The molecule has 0 bridgehead atoms. The maximum Gasteiger partial charge on any atom is 0.0991 e. The van der Waals surface area contributed by atoms with E-state index in [1.807, 2.05) is 34.8 Å². The summed E-state index contributed by atoms with van der Waals surface area (Å²) >= 11 is 0. The lowest BCUT2D eigenvalue weighted by Crippen LogP contribution is -1.93. The van der Waals surface area contributed by atoms with Crippen LogP contribution in [0.3, 0.4) is 0 Å². The Morgan fingerprint density at radius 3 is 2.33 bits per heavy atom. The van der Waals surface area contributed by atoms with E-state index in [4.69, 9.17) is 5.26 Å². The Hall–Kier alpha value is -3.38. The van der Waals surface area contributed by atoms with Crippen LogP contribution in [0.25, 0.3) is 27.9 Å². The quantitative estimate of drug-likeness (QED) is 0.531. The van der Waals surface area contributed by atoms with Gasteiger partial charge in [0, 0.05) is 17.3 Å². The first-order valence-electron chi connectivity index (χ1n) is 7.80. The molecule has 3 heteroatoms. The largest absolute Gasteiger partial charge is 0.233 e. The SMILES string of the molecule is Cc1ccc(-c2c(-c3ccc(C#N)cc3)cc3cccnn23)cc1. The zero-order valence-corrected chi connectivity index (χ0v) is 13.3. The number of nitrogens with zero attached hydrogens (tertiary/aromatic N) is 3. The Bertz CT molecular complexity index is 1050. The van der Waals surface area contributed by atoms with Crippen molar-refractivity contribution in [3.05, 3.63) is 84.1 Å². The van der Waals surface area contributed by atoms with Gasteiger partial charge >= 0.3 is 0 Å².